The van der Waals surface area contributed by atoms with Crippen LogP contribution < -0.4 is 14.2 Å². The number of hydrogen-bond donors (Lipinski definition) is 1. The van der Waals surface area contributed by atoms with Crippen LogP contribution in [0.5, 0.6) is 11.6 Å². The van der Waals surface area contributed by atoms with E-state index >= 15 is 0 Å². The van der Waals surface area contributed by atoms with Gasteiger partial charge in [-0.3, -0.25) is 4.79 Å². The molecule has 1 saturated carbocycles. The minimum atomic E-state index is -4.16. The van der Waals surface area contributed by atoms with Crippen molar-refractivity contribution in [1.82, 2.24) is 24.8 Å². The molecule has 240 valence electrons. The molecule has 1 aliphatic heterocycles. The highest BCUT2D eigenvalue weighted by atomic mass is 32.2. The van der Waals surface area contributed by atoms with Gasteiger partial charge in [0.25, 0.3) is 15.9 Å². The molecule has 1 amide bonds. The van der Waals surface area contributed by atoms with Crippen molar-refractivity contribution in [3.63, 3.8) is 0 Å². The number of fused-ring (bicyclic) bond motifs is 4. The van der Waals surface area contributed by atoms with E-state index in [0.29, 0.717) is 29.6 Å². The molecule has 12 heteroatoms. The molecule has 1 N–H and O–H groups in total. The van der Waals surface area contributed by atoms with E-state index in [1.807, 2.05) is 45.9 Å². The number of anilines is 1. The van der Waals surface area contributed by atoms with Crippen LogP contribution in [-0.2, 0) is 16.6 Å². The van der Waals surface area contributed by atoms with Gasteiger partial charge in [0.1, 0.15) is 12.4 Å². The number of carbonyl (C=O) groups excluding carboxylic acids is 1. The van der Waals surface area contributed by atoms with E-state index in [2.05, 4.69) is 24.7 Å². The zero-order valence-electron chi connectivity index (χ0n) is 26.4. The van der Waals surface area contributed by atoms with Gasteiger partial charge >= 0.3 is 0 Å². The summed E-state index contributed by atoms with van der Waals surface area (Å²) < 4.78 is 41.9. The smallest absolute Gasteiger partial charge is 0.264 e. The summed E-state index contributed by atoms with van der Waals surface area (Å²) >= 11 is 0. The molecule has 1 fully saturated rings. The van der Waals surface area contributed by atoms with Crippen molar-refractivity contribution in [2.24, 2.45) is 5.92 Å². The Bertz CT molecular complexity index is 1830. The molecule has 46 heavy (non-hydrogen) atoms. The highest BCUT2D eigenvalue weighted by Gasteiger charge is 2.34. The second-order valence-corrected chi connectivity index (χ2v) is 13.7. The van der Waals surface area contributed by atoms with Gasteiger partial charge < -0.3 is 14.4 Å². The number of nitrogens with zero attached hydrogens (tertiary/aromatic N) is 5. The predicted molar refractivity (Wildman–Crippen MR) is 173 cm³/mol. The molecule has 3 heterocycles. The van der Waals surface area contributed by atoms with E-state index in [1.165, 1.54) is 12.1 Å². The van der Waals surface area contributed by atoms with Crippen LogP contribution in [0.15, 0.2) is 65.8 Å². The van der Waals surface area contributed by atoms with Gasteiger partial charge in [0, 0.05) is 17.2 Å². The first-order valence-corrected chi connectivity index (χ1v) is 17.1. The number of carbonyl (C=O) groups is 1. The van der Waals surface area contributed by atoms with Crippen molar-refractivity contribution in [2.75, 3.05) is 11.3 Å². The molecule has 0 saturated heterocycles. The molecule has 2 aliphatic rings. The molecule has 0 unspecified atom stereocenters. The summed E-state index contributed by atoms with van der Waals surface area (Å²) in [6.07, 6.45) is 6.94. The molecule has 2 atom stereocenters. The van der Waals surface area contributed by atoms with Crippen molar-refractivity contribution in [1.29, 1.82) is 0 Å². The SMILES string of the molecule is CC[C@H](C)Oc1cnc(CN2C(=O)c3cccc(c3)S(=O)(=O)Nc3nc(cc(-c4c(C)cccc4C)n3)OC[C@H]2CC2CC2)nc1. The molecule has 4 bridgehead atoms. The number of aryl methyl sites for hydroxylation is 2. The lowest BCUT2D eigenvalue weighted by molar-refractivity contribution is 0.0557. The number of sulfonamides is 1. The van der Waals surface area contributed by atoms with E-state index in [0.717, 1.165) is 36.0 Å². The standard InChI is InChI=1S/C34H38N6O5S/c1-5-23(4)45-27-17-35-30(36-18-27)19-40-26(14-24-12-13-24)20-44-31-16-29(32-21(2)8-6-9-22(32)3)37-34(38-31)39-46(42,43)28-11-7-10-25(15-28)33(40)41/h6-11,15-18,23-24,26H,5,12-14,19-20H2,1-4H3,(H,37,38,39)/t23-,26+/m0/s1. The van der Waals surface area contributed by atoms with Crippen molar-refractivity contribution in [3.05, 3.63) is 83.4 Å². The molecule has 1 aliphatic carbocycles. The number of ether oxygens (including phenoxy) is 2. The Morgan fingerprint density at radius 2 is 1.76 bits per heavy atom. The van der Waals surface area contributed by atoms with Crippen LogP contribution in [-0.4, -0.2) is 57.9 Å². The van der Waals surface area contributed by atoms with E-state index < -0.39 is 10.0 Å². The number of benzene rings is 2. The van der Waals surface area contributed by atoms with E-state index in [1.54, 1.807) is 35.5 Å². The lowest BCUT2D eigenvalue weighted by atomic mass is 10.00. The normalized spacial score (nSPS) is 18.3. The molecule has 0 radical (unpaired) electrons. The molecule has 4 aromatic rings. The first kappa shape index (κ1) is 31.4. The number of amides is 1. The van der Waals surface area contributed by atoms with Crippen molar-refractivity contribution >= 4 is 21.9 Å². The summed E-state index contributed by atoms with van der Waals surface area (Å²) in [6.45, 7) is 8.19. The average Bonchev–Trinajstić information content (AvgIpc) is 3.86. The summed E-state index contributed by atoms with van der Waals surface area (Å²) in [5.74, 6) is 1.18. The summed E-state index contributed by atoms with van der Waals surface area (Å²) in [7, 11) is -4.16. The van der Waals surface area contributed by atoms with Crippen LogP contribution in [0.2, 0.25) is 0 Å². The Hall–Kier alpha value is -4.58. The summed E-state index contributed by atoms with van der Waals surface area (Å²) in [5.41, 5.74) is 3.58. The zero-order chi connectivity index (χ0) is 32.4. The van der Waals surface area contributed by atoms with Crippen molar-refractivity contribution in [3.8, 4) is 22.9 Å². The third-order valence-corrected chi connectivity index (χ3v) is 9.72. The zero-order valence-corrected chi connectivity index (χ0v) is 27.3. The van der Waals surface area contributed by atoms with Gasteiger partial charge in [0.2, 0.25) is 11.8 Å². The van der Waals surface area contributed by atoms with Crippen LogP contribution in [0, 0.1) is 19.8 Å². The minimum absolute atomic E-state index is 0.0193. The average molecular weight is 643 g/mol. The number of nitrogens with one attached hydrogen (secondary N) is 1. The second kappa shape index (κ2) is 13.0. The number of hydrogen-bond acceptors (Lipinski definition) is 9. The van der Waals surface area contributed by atoms with E-state index in [-0.39, 0.29) is 53.5 Å². The Labute approximate surface area is 269 Å². The summed E-state index contributed by atoms with van der Waals surface area (Å²) in [6, 6.07) is 13.3. The second-order valence-electron chi connectivity index (χ2n) is 12.1. The number of aromatic nitrogens is 4. The fourth-order valence-electron chi connectivity index (χ4n) is 5.56. The Morgan fingerprint density at radius 1 is 1.04 bits per heavy atom. The van der Waals surface area contributed by atoms with E-state index in [4.69, 9.17) is 9.47 Å². The van der Waals surface area contributed by atoms with Gasteiger partial charge in [-0.15, -0.1) is 0 Å². The molecule has 2 aromatic carbocycles. The monoisotopic (exact) mass is 642 g/mol. The molecule has 2 aromatic heterocycles. The third-order valence-electron chi connectivity index (χ3n) is 8.39. The summed E-state index contributed by atoms with van der Waals surface area (Å²) in [5, 5.41) is 0. The Balaban J connectivity index is 1.42. The Kier molecular flexibility index (Phi) is 8.90. The fraction of sp³-hybridized carbons (Fsp3) is 0.382. The van der Waals surface area contributed by atoms with Gasteiger partial charge in [0.15, 0.2) is 5.75 Å². The highest BCUT2D eigenvalue weighted by molar-refractivity contribution is 7.92. The third kappa shape index (κ3) is 7.12. The quantitative estimate of drug-likeness (QED) is 0.255. The first-order valence-electron chi connectivity index (χ1n) is 15.6. The van der Waals surface area contributed by atoms with Crippen LogP contribution in [0.25, 0.3) is 11.3 Å². The van der Waals surface area contributed by atoms with Gasteiger partial charge in [-0.2, -0.15) is 4.98 Å². The Morgan fingerprint density at radius 3 is 2.46 bits per heavy atom. The molecule has 11 nitrogen and oxygen atoms in total. The van der Waals surface area contributed by atoms with E-state index in [9.17, 15) is 13.2 Å². The number of rotatable bonds is 8. The summed E-state index contributed by atoms with van der Waals surface area (Å²) in [4.78, 5) is 33.9. The first-order chi connectivity index (χ1) is 22.1. The molecular formula is C34H38N6O5S. The van der Waals surface area contributed by atoms with Gasteiger partial charge in [0.05, 0.1) is 41.7 Å². The van der Waals surface area contributed by atoms with Gasteiger partial charge in [-0.05, 0) is 68.9 Å². The maximum Gasteiger partial charge on any atom is 0.264 e. The molecule has 6 rings (SSSR count). The minimum Gasteiger partial charge on any atom is -0.487 e. The predicted octanol–water partition coefficient (Wildman–Crippen LogP) is 5.73. The van der Waals surface area contributed by atoms with Crippen LogP contribution >= 0.6 is 0 Å². The van der Waals surface area contributed by atoms with Crippen molar-refractivity contribution < 1.29 is 22.7 Å². The topological polar surface area (TPSA) is 136 Å². The lowest BCUT2D eigenvalue weighted by Crippen LogP contribution is -2.44. The van der Waals surface area contributed by atoms with Crippen LogP contribution in [0.3, 0.4) is 0 Å². The van der Waals surface area contributed by atoms with Gasteiger partial charge in [-0.25, -0.2) is 28.1 Å². The lowest BCUT2D eigenvalue weighted by Gasteiger charge is -2.31. The van der Waals surface area contributed by atoms with Crippen LogP contribution in [0.1, 0.15) is 66.8 Å². The molecular weight excluding hydrogens is 604 g/mol. The maximum atomic E-state index is 14.2. The van der Waals surface area contributed by atoms with Crippen LogP contribution in [0.4, 0.5) is 5.95 Å². The highest BCUT2D eigenvalue weighted by Crippen LogP contribution is 2.36. The fourth-order valence-corrected chi connectivity index (χ4v) is 6.55. The molecule has 0 spiro atoms. The van der Waals surface area contributed by atoms with Crippen molar-refractivity contribution in [2.45, 2.75) is 77.0 Å². The maximum absolute atomic E-state index is 14.2. The largest absolute Gasteiger partial charge is 0.487 e. The van der Waals surface area contributed by atoms with Gasteiger partial charge in [-0.1, -0.05) is 44.0 Å².